The predicted octanol–water partition coefficient (Wildman–Crippen LogP) is -1.18. The van der Waals surface area contributed by atoms with Crippen molar-refractivity contribution >= 4 is 5.91 Å². The molecule has 6 nitrogen and oxygen atoms in total. The van der Waals surface area contributed by atoms with Crippen molar-refractivity contribution < 1.29 is 9.90 Å². The molecule has 82 valence electrons. The van der Waals surface area contributed by atoms with Crippen LogP contribution in [-0.2, 0) is 0 Å². The van der Waals surface area contributed by atoms with E-state index in [4.69, 9.17) is 5.11 Å². The molecule has 1 amide bonds. The van der Waals surface area contributed by atoms with Crippen molar-refractivity contribution in [2.45, 2.75) is 6.04 Å². The summed E-state index contributed by atoms with van der Waals surface area (Å²) in [4.78, 5) is 13.6. The summed E-state index contributed by atoms with van der Waals surface area (Å²) in [6.07, 6.45) is 3.07. The first-order chi connectivity index (χ1) is 7.33. The van der Waals surface area contributed by atoms with Gasteiger partial charge in [-0.2, -0.15) is 5.10 Å². The molecule has 0 spiro atoms. The Balaban J connectivity index is 2.11. The van der Waals surface area contributed by atoms with Gasteiger partial charge in [0.25, 0.3) is 5.91 Å². The van der Waals surface area contributed by atoms with Gasteiger partial charge in [-0.25, -0.2) is 0 Å². The van der Waals surface area contributed by atoms with E-state index in [0.29, 0.717) is 18.7 Å². The number of nitrogens with one attached hydrogen (secondary N) is 2. The lowest BCUT2D eigenvalue weighted by atomic mass is 10.1. The van der Waals surface area contributed by atoms with Crippen molar-refractivity contribution in [2.24, 2.45) is 0 Å². The monoisotopic (exact) mass is 210 g/mol. The summed E-state index contributed by atoms with van der Waals surface area (Å²) >= 11 is 0. The van der Waals surface area contributed by atoms with Gasteiger partial charge < -0.3 is 15.3 Å². The van der Waals surface area contributed by atoms with Crippen LogP contribution in [0, 0.1) is 0 Å². The summed E-state index contributed by atoms with van der Waals surface area (Å²) < 4.78 is 0. The number of nitrogens with zero attached hydrogens (tertiary/aromatic N) is 2. The average molecular weight is 210 g/mol. The Morgan fingerprint density at radius 2 is 2.60 bits per heavy atom. The second-order valence-corrected chi connectivity index (χ2v) is 3.53. The van der Waals surface area contributed by atoms with Crippen molar-refractivity contribution in [3.05, 3.63) is 18.0 Å². The van der Waals surface area contributed by atoms with Gasteiger partial charge in [-0.3, -0.25) is 9.89 Å². The number of aliphatic hydroxyl groups excluding tert-OH is 1. The van der Waals surface area contributed by atoms with E-state index in [0.717, 1.165) is 6.54 Å². The molecule has 2 heterocycles. The van der Waals surface area contributed by atoms with Gasteiger partial charge >= 0.3 is 0 Å². The molecule has 0 aromatic carbocycles. The number of H-pyrrole nitrogens is 1. The quantitative estimate of drug-likeness (QED) is 0.573. The third-order valence-corrected chi connectivity index (χ3v) is 2.57. The van der Waals surface area contributed by atoms with Crippen LogP contribution in [0.4, 0.5) is 0 Å². The lowest BCUT2D eigenvalue weighted by Gasteiger charge is -2.34. The third-order valence-electron chi connectivity index (χ3n) is 2.57. The maximum atomic E-state index is 12.0. The molecule has 1 aromatic rings. The Kier molecular flexibility index (Phi) is 2.98. The Morgan fingerprint density at radius 1 is 1.73 bits per heavy atom. The lowest BCUT2D eigenvalue weighted by Crippen LogP contribution is -2.55. The van der Waals surface area contributed by atoms with Gasteiger partial charge in [-0.05, 0) is 0 Å². The minimum absolute atomic E-state index is 0.0173. The average Bonchev–Trinajstić information content (AvgIpc) is 2.81. The van der Waals surface area contributed by atoms with Gasteiger partial charge in [0.15, 0.2) is 0 Å². The normalized spacial score (nSPS) is 21.7. The van der Waals surface area contributed by atoms with Gasteiger partial charge in [-0.1, -0.05) is 0 Å². The van der Waals surface area contributed by atoms with Gasteiger partial charge in [0.05, 0.1) is 24.4 Å². The first kappa shape index (κ1) is 10.1. The number of carbonyl (C=O) groups is 1. The minimum Gasteiger partial charge on any atom is -0.394 e. The predicted molar refractivity (Wildman–Crippen MR) is 53.4 cm³/mol. The van der Waals surface area contributed by atoms with Gasteiger partial charge in [-0.15, -0.1) is 0 Å². The van der Waals surface area contributed by atoms with Crippen molar-refractivity contribution in [1.82, 2.24) is 20.4 Å². The molecule has 0 bridgehead atoms. The van der Waals surface area contributed by atoms with Crippen LogP contribution < -0.4 is 5.32 Å². The maximum Gasteiger partial charge on any atom is 0.257 e. The molecule has 1 fully saturated rings. The molecule has 0 aliphatic carbocycles. The van der Waals surface area contributed by atoms with Crippen LogP contribution >= 0.6 is 0 Å². The highest BCUT2D eigenvalue weighted by atomic mass is 16.3. The zero-order valence-electron chi connectivity index (χ0n) is 8.31. The lowest BCUT2D eigenvalue weighted by molar-refractivity contribution is 0.0536. The molecular weight excluding hydrogens is 196 g/mol. The van der Waals surface area contributed by atoms with E-state index in [1.807, 2.05) is 0 Å². The molecular formula is C9H14N4O2. The van der Waals surface area contributed by atoms with Gasteiger partial charge in [0.2, 0.25) is 0 Å². The molecule has 1 aromatic heterocycles. The smallest absolute Gasteiger partial charge is 0.257 e. The molecule has 1 aliphatic rings. The molecule has 1 atom stereocenters. The summed E-state index contributed by atoms with van der Waals surface area (Å²) in [5.41, 5.74) is 0.537. The number of hydrogen-bond donors (Lipinski definition) is 3. The van der Waals surface area contributed by atoms with Crippen LogP contribution in [0.2, 0.25) is 0 Å². The summed E-state index contributed by atoms with van der Waals surface area (Å²) in [6, 6.07) is -0.138. The first-order valence-corrected chi connectivity index (χ1v) is 4.94. The minimum atomic E-state index is -0.138. The van der Waals surface area contributed by atoms with Crippen LogP contribution in [0.5, 0.6) is 0 Å². The number of aromatic nitrogens is 2. The Hall–Kier alpha value is -1.40. The van der Waals surface area contributed by atoms with Crippen molar-refractivity contribution in [3.63, 3.8) is 0 Å². The Morgan fingerprint density at radius 3 is 3.27 bits per heavy atom. The Labute approximate surface area is 87.3 Å². The number of piperazine rings is 1. The van der Waals surface area contributed by atoms with E-state index in [1.165, 1.54) is 6.20 Å². The molecule has 0 saturated carbocycles. The highest BCUT2D eigenvalue weighted by molar-refractivity contribution is 5.94. The number of rotatable bonds is 2. The molecule has 1 saturated heterocycles. The highest BCUT2D eigenvalue weighted by Crippen LogP contribution is 2.08. The summed E-state index contributed by atoms with van der Waals surface area (Å²) in [7, 11) is 0. The molecule has 1 aliphatic heterocycles. The number of amides is 1. The first-order valence-electron chi connectivity index (χ1n) is 4.94. The molecule has 3 N–H and O–H groups in total. The topological polar surface area (TPSA) is 81.2 Å². The third kappa shape index (κ3) is 2.00. The maximum absolute atomic E-state index is 12.0. The van der Waals surface area contributed by atoms with Crippen LogP contribution in [0.1, 0.15) is 10.4 Å². The van der Waals surface area contributed by atoms with Crippen molar-refractivity contribution in [3.8, 4) is 0 Å². The van der Waals surface area contributed by atoms with Crippen molar-refractivity contribution in [2.75, 3.05) is 26.2 Å². The number of aromatic amines is 1. The highest BCUT2D eigenvalue weighted by Gasteiger charge is 2.26. The SMILES string of the molecule is O=C(c1cn[nH]c1)N1CCNCC1CO. The van der Waals surface area contributed by atoms with E-state index in [1.54, 1.807) is 11.1 Å². The number of aliphatic hydroxyl groups is 1. The van der Waals surface area contributed by atoms with E-state index < -0.39 is 0 Å². The van der Waals surface area contributed by atoms with E-state index >= 15 is 0 Å². The molecule has 15 heavy (non-hydrogen) atoms. The van der Waals surface area contributed by atoms with Gasteiger partial charge in [0, 0.05) is 25.8 Å². The van der Waals surface area contributed by atoms with Crippen molar-refractivity contribution in [1.29, 1.82) is 0 Å². The zero-order valence-corrected chi connectivity index (χ0v) is 8.31. The largest absolute Gasteiger partial charge is 0.394 e. The van der Waals surface area contributed by atoms with E-state index in [-0.39, 0.29) is 18.6 Å². The van der Waals surface area contributed by atoms with Gasteiger partial charge in [0.1, 0.15) is 0 Å². The second kappa shape index (κ2) is 4.41. The van der Waals surface area contributed by atoms with Crippen LogP contribution in [-0.4, -0.2) is 58.4 Å². The fraction of sp³-hybridized carbons (Fsp3) is 0.556. The fourth-order valence-corrected chi connectivity index (χ4v) is 1.73. The number of carbonyl (C=O) groups excluding carboxylic acids is 1. The fourth-order valence-electron chi connectivity index (χ4n) is 1.73. The molecule has 2 rings (SSSR count). The number of hydrogen-bond acceptors (Lipinski definition) is 4. The van der Waals surface area contributed by atoms with E-state index in [9.17, 15) is 4.79 Å². The molecule has 1 unspecified atom stereocenters. The summed E-state index contributed by atoms with van der Waals surface area (Å²) in [5, 5.41) is 18.6. The van der Waals surface area contributed by atoms with Crippen LogP contribution in [0.3, 0.4) is 0 Å². The second-order valence-electron chi connectivity index (χ2n) is 3.53. The molecule has 6 heteroatoms. The summed E-state index contributed by atoms with van der Waals surface area (Å²) in [6.45, 7) is 2.01. The Bertz CT molecular complexity index is 325. The van der Waals surface area contributed by atoms with Crippen LogP contribution in [0.15, 0.2) is 12.4 Å². The standard InChI is InChI=1S/C9H14N4O2/c14-6-8-5-10-1-2-13(8)9(15)7-3-11-12-4-7/h3-4,8,10,14H,1-2,5-6H2,(H,11,12). The zero-order chi connectivity index (χ0) is 10.7. The molecule has 0 radical (unpaired) electrons. The van der Waals surface area contributed by atoms with E-state index in [2.05, 4.69) is 15.5 Å². The van der Waals surface area contributed by atoms with Crippen LogP contribution in [0.25, 0.3) is 0 Å². The summed E-state index contributed by atoms with van der Waals surface area (Å²) in [5.74, 6) is -0.0794.